The fraction of sp³-hybridized carbons (Fsp3) is 0.923. The van der Waals surface area contributed by atoms with E-state index in [9.17, 15) is 9.90 Å². The monoisotopic (exact) mass is 208 g/mol. The minimum atomic E-state index is -0.550. The fourth-order valence-electron chi connectivity index (χ4n) is 5.32. The van der Waals surface area contributed by atoms with Crippen LogP contribution in [0.15, 0.2) is 0 Å². The average Bonchev–Trinajstić information content (AvgIpc) is 2.54. The molecular formula is C13H20O2. The molecule has 2 unspecified atom stereocenters. The van der Waals surface area contributed by atoms with Crippen molar-refractivity contribution in [3.05, 3.63) is 0 Å². The predicted molar refractivity (Wildman–Crippen MR) is 57.5 cm³/mol. The van der Waals surface area contributed by atoms with E-state index in [0.717, 1.165) is 6.42 Å². The maximum Gasteiger partial charge on any atom is 0.307 e. The number of carboxylic acid groups (broad SMARTS) is 1. The minimum absolute atomic E-state index is 0.0570. The molecule has 3 aliphatic carbocycles. The molecule has 0 aliphatic heterocycles. The van der Waals surface area contributed by atoms with E-state index in [1.807, 2.05) is 0 Å². The zero-order valence-electron chi connectivity index (χ0n) is 9.68. The topological polar surface area (TPSA) is 37.3 Å². The molecule has 0 saturated heterocycles. The molecule has 0 aromatic carbocycles. The van der Waals surface area contributed by atoms with Crippen molar-refractivity contribution in [2.24, 2.45) is 22.2 Å². The molecule has 3 fully saturated rings. The quantitative estimate of drug-likeness (QED) is 0.719. The first kappa shape index (κ1) is 9.68. The van der Waals surface area contributed by atoms with Gasteiger partial charge in [0.2, 0.25) is 0 Å². The molecule has 2 heteroatoms. The summed E-state index contributed by atoms with van der Waals surface area (Å²) in [5.41, 5.74) is 0.670. The first-order valence-electron chi connectivity index (χ1n) is 6.21. The Hall–Kier alpha value is -0.530. The van der Waals surface area contributed by atoms with Crippen LogP contribution in [-0.2, 0) is 4.79 Å². The van der Waals surface area contributed by atoms with Crippen LogP contribution in [0.2, 0.25) is 0 Å². The maximum atomic E-state index is 11.3. The molecule has 84 valence electrons. The van der Waals surface area contributed by atoms with Crippen molar-refractivity contribution in [3.63, 3.8) is 0 Å². The lowest BCUT2D eigenvalue weighted by molar-refractivity contribution is -0.142. The molecule has 3 rings (SSSR count). The smallest absolute Gasteiger partial charge is 0.307 e. The number of hydrogen-bond donors (Lipinski definition) is 1. The predicted octanol–water partition coefficient (Wildman–Crippen LogP) is 3.07. The number of hydrogen-bond acceptors (Lipinski definition) is 1. The second kappa shape index (κ2) is 2.41. The van der Waals surface area contributed by atoms with Crippen LogP contribution in [0.4, 0.5) is 0 Å². The Morgan fingerprint density at radius 3 is 2.07 bits per heavy atom. The zero-order valence-corrected chi connectivity index (χ0v) is 9.68. The Morgan fingerprint density at radius 2 is 1.73 bits per heavy atom. The van der Waals surface area contributed by atoms with E-state index in [2.05, 4.69) is 13.8 Å². The Labute approximate surface area is 91.1 Å². The van der Waals surface area contributed by atoms with E-state index in [1.54, 1.807) is 0 Å². The third-order valence-electron chi connectivity index (χ3n) is 6.03. The molecule has 0 amide bonds. The van der Waals surface area contributed by atoms with Crippen molar-refractivity contribution in [1.82, 2.24) is 0 Å². The van der Waals surface area contributed by atoms with Crippen LogP contribution in [-0.4, -0.2) is 11.1 Å². The molecule has 0 heterocycles. The summed E-state index contributed by atoms with van der Waals surface area (Å²) in [5.74, 6) is -0.608. The van der Waals surface area contributed by atoms with Gasteiger partial charge in [-0.1, -0.05) is 26.7 Å². The van der Waals surface area contributed by atoms with Gasteiger partial charge >= 0.3 is 5.97 Å². The summed E-state index contributed by atoms with van der Waals surface area (Å²) >= 11 is 0. The van der Waals surface area contributed by atoms with Crippen molar-refractivity contribution in [1.29, 1.82) is 0 Å². The summed E-state index contributed by atoms with van der Waals surface area (Å²) in [6.07, 6.45) is 7.69. The van der Waals surface area contributed by atoms with Crippen LogP contribution < -0.4 is 0 Å². The highest BCUT2D eigenvalue weighted by Crippen LogP contribution is 2.87. The van der Waals surface area contributed by atoms with Crippen molar-refractivity contribution in [3.8, 4) is 0 Å². The van der Waals surface area contributed by atoms with Gasteiger partial charge in [-0.05, 0) is 41.9 Å². The number of fused-ring (bicyclic) bond motifs is 1. The van der Waals surface area contributed by atoms with Crippen molar-refractivity contribution in [2.45, 2.75) is 52.4 Å². The third kappa shape index (κ3) is 0.786. The van der Waals surface area contributed by atoms with E-state index < -0.39 is 5.97 Å². The molecule has 2 nitrogen and oxygen atoms in total. The van der Waals surface area contributed by atoms with E-state index in [1.165, 1.54) is 32.1 Å². The van der Waals surface area contributed by atoms with E-state index >= 15 is 0 Å². The van der Waals surface area contributed by atoms with Gasteiger partial charge < -0.3 is 5.11 Å². The number of carboxylic acids is 1. The van der Waals surface area contributed by atoms with Crippen LogP contribution in [0.3, 0.4) is 0 Å². The molecule has 0 aromatic rings. The Kier molecular flexibility index (Phi) is 1.56. The van der Waals surface area contributed by atoms with E-state index in [0.29, 0.717) is 5.41 Å². The van der Waals surface area contributed by atoms with Gasteiger partial charge in [0.25, 0.3) is 0 Å². The Bertz CT molecular complexity index is 325. The summed E-state index contributed by atoms with van der Waals surface area (Å²) in [7, 11) is 0. The Balaban J connectivity index is 1.97. The van der Waals surface area contributed by atoms with Crippen LogP contribution in [0, 0.1) is 22.2 Å². The first-order valence-corrected chi connectivity index (χ1v) is 6.21. The van der Waals surface area contributed by atoms with Crippen molar-refractivity contribution in [2.75, 3.05) is 0 Å². The molecule has 15 heavy (non-hydrogen) atoms. The lowest BCUT2D eigenvalue weighted by atomic mass is 9.53. The fourth-order valence-corrected chi connectivity index (χ4v) is 5.32. The molecule has 3 aliphatic rings. The number of carbonyl (C=O) groups is 1. The Morgan fingerprint density at radius 1 is 1.13 bits per heavy atom. The highest BCUT2D eigenvalue weighted by Gasteiger charge is 2.84. The molecule has 0 bridgehead atoms. The molecule has 0 aromatic heterocycles. The lowest BCUT2D eigenvalue weighted by Gasteiger charge is -2.51. The zero-order chi connectivity index (χ0) is 10.9. The third-order valence-corrected chi connectivity index (χ3v) is 6.03. The highest BCUT2D eigenvalue weighted by molar-refractivity contribution is 5.78. The summed E-state index contributed by atoms with van der Waals surface area (Å²) in [6, 6.07) is 0. The standard InChI is InChI=1S/C13H20O2/c1-11(2)9(10(14)15)13(11)8-7-12(13)5-3-4-6-12/h9H,3-8H2,1-2H3,(H,14,15). The van der Waals surface area contributed by atoms with Gasteiger partial charge in [0, 0.05) is 0 Å². The number of aliphatic carboxylic acids is 1. The van der Waals surface area contributed by atoms with Crippen LogP contribution in [0.1, 0.15) is 52.4 Å². The van der Waals surface area contributed by atoms with Crippen molar-refractivity contribution < 1.29 is 9.90 Å². The van der Waals surface area contributed by atoms with Crippen molar-refractivity contribution >= 4 is 5.97 Å². The number of rotatable bonds is 1. The van der Waals surface area contributed by atoms with Gasteiger partial charge in [-0.3, -0.25) is 4.79 Å². The minimum Gasteiger partial charge on any atom is -0.481 e. The molecule has 0 radical (unpaired) electrons. The lowest BCUT2D eigenvalue weighted by Crippen LogP contribution is -2.44. The van der Waals surface area contributed by atoms with Gasteiger partial charge in [0.15, 0.2) is 0 Å². The van der Waals surface area contributed by atoms with E-state index in [-0.39, 0.29) is 16.7 Å². The normalized spacial score (nSPS) is 44.3. The average molecular weight is 208 g/mol. The second-order valence-corrected chi connectivity index (χ2v) is 6.45. The van der Waals surface area contributed by atoms with Crippen LogP contribution >= 0.6 is 0 Å². The van der Waals surface area contributed by atoms with Gasteiger partial charge in [0.05, 0.1) is 5.92 Å². The van der Waals surface area contributed by atoms with E-state index in [4.69, 9.17) is 0 Å². The second-order valence-electron chi connectivity index (χ2n) is 6.45. The summed E-state index contributed by atoms with van der Waals surface area (Å²) < 4.78 is 0. The maximum absolute atomic E-state index is 11.3. The van der Waals surface area contributed by atoms with Gasteiger partial charge in [-0.25, -0.2) is 0 Å². The molecular weight excluding hydrogens is 188 g/mol. The summed E-state index contributed by atoms with van der Waals surface area (Å²) in [6.45, 7) is 4.34. The first-order chi connectivity index (χ1) is 6.98. The van der Waals surface area contributed by atoms with Gasteiger partial charge in [-0.15, -0.1) is 0 Å². The molecule has 3 saturated carbocycles. The van der Waals surface area contributed by atoms with Crippen LogP contribution in [0.25, 0.3) is 0 Å². The molecule has 2 atom stereocenters. The SMILES string of the molecule is CC1(C)C(C(=O)O)C12CCC21CCCC1. The summed E-state index contributed by atoms with van der Waals surface area (Å²) in [4.78, 5) is 11.3. The van der Waals surface area contributed by atoms with Crippen LogP contribution in [0.5, 0.6) is 0 Å². The van der Waals surface area contributed by atoms with Gasteiger partial charge in [0.1, 0.15) is 0 Å². The largest absolute Gasteiger partial charge is 0.481 e. The molecule has 2 spiro atoms. The van der Waals surface area contributed by atoms with Gasteiger partial charge in [-0.2, -0.15) is 0 Å². The highest BCUT2D eigenvalue weighted by atomic mass is 16.4. The molecule has 1 N–H and O–H groups in total. The summed E-state index contributed by atoms with van der Waals surface area (Å²) in [5, 5.41) is 9.33.